The van der Waals surface area contributed by atoms with Crippen molar-refractivity contribution in [1.29, 1.82) is 0 Å². The summed E-state index contributed by atoms with van der Waals surface area (Å²) < 4.78 is 3.44. The molecule has 0 fully saturated rings. The Balaban J connectivity index is 1.46. The molecule has 136 valence electrons. The van der Waals surface area contributed by atoms with Crippen LogP contribution in [0.3, 0.4) is 0 Å². The zero-order valence-corrected chi connectivity index (χ0v) is 15.2. The molecule has 0 saturated carbocycles. The second-order valence-electron chi connectivity index (χ2n) is 6.46. The first-order valence-corrected chi connectivity index (χ1v) is 8.79. The molecule has 1 aromatic carbocycles. The van der Waals surface area contributed by atoms with E-state index >= 15 is 0 Å². The Morgan fingerprint density at radius 2 is 2.00 bits per heavy atom. The molecule has 1 amide bonds. The quantitative estimate of drug-likeness (QED) is 0.594. The zero-order valence-electron chi connectivity index (χ0n) is 15.2. The SMILES string of the molecule is Cc1c(C(C)NC(=O)Cn2cc3ccccc3n2)cnn1-c1ccccn1. The van der Waals surface area contributed by atoms with Gasteiger partial charge in [-0.25, -0.2) is 9.67 Å². The third-order valence-electron chi connectivity index (χ3n) is 4.52. The number of carbonyl (C=O) groups excluding carboxylic acids is 1. The van der Waals surface area contributed by atoms with Crippen molar-refractivity contribution in [2.45, 2.75) is 26.4 Å². The second-order valence-corrected chi connectivity index (χ2v) is 6.46. The minimum atomic E-state index is -0.167. The maximum absolute atomic E-state index is 12.4. The van der Waals surface area contributed by atoms with Crippen LogP contribution in [0.25, 0.3) is 16.7 Å². The molecule has 4 rings (SSSR count). The van der Waals surface area contributed by atoms with Gasteiger partial charge in [0, 0.05) is 29.0 Å². The molecule has 0 spiro atoms. The summed E-state index contributed by atoms with van der Waals surface area (Å²) in [5, 5.41) is 12.9. The minimum Gasteiger partial charge on any atom is -0.348 e. The van der Waals surface area contributed by atoms with Gasteiger partial charge in [-0.1, -0.05) is 24.3 Å². The van der Waals surface area contributed by atoms with Crippen LogP contribution in [0.15, 0.2) is 61.1 Å². The monoisotopic (exact) mass is 360 g/mol. The number of benzene rings is 1. The molecule has 0 aliphatic carbocycles. The molecule has 27 heavy (non-hydrogen) atoms. The van der Waals surface area contributed by atoms with Crippen LogP contribution in [0, 0.1) is 6.92 Å². The van der Waals surface area contributed by atoms with Crippen molar-refractivity contribution >= 4 is 16.8 Å². The summed E-state index contributed by atoms with van der Waals surface area (Å²) in [5.41, 5.74) is 2.79. The number of aromatic nitrogens is 5. The molecular formula is C20H20N6O. The molecule has 7 nitrogen and oxygen atoms in total. The topological polar surface area (TPSA) is 77.6 Å². The van der Waals surface area contributed by atoms with E-state index in [1.54, 1.807) is 21.8 Å². The van der Waals surface area contributed by atoms with E-state index in [9.17, 15) is 4.79 Å². The van der Waals surface area contributed by atoms with Crippen LogP contribution in [0.2, 0.25) is 0 Å². The Labute approximate surface area is 156 Å². The lowest BCUT2D eigenvalue weighted by molar-refractivity contribution is -0.122. The van der Waals surface area contributed by atoms with Gasteiger partial charge in [0.2, 0.25) is 5.91 Å². The molecule has 7 heteroatoms. The summed E-state index contributed by atoms with van der Waals surface area (Å²) in [6.07, 6.45) is 5.39. The molecule has 1 unspecified atom stereocenters. The van der Waals surface area contributed by atoms with Crippen LogP contribution in [-0.4, -0.2) is 30.5 Å². The highest BCUT2D eigenvalue weighted by Gasteiger charge is 2.17. The Morgan fingerprint density at radius 3 is 2.78 bits per heavy atom. The molecule has 0 aliphatic heterocycles. The highest BCUT2D eigenvalue weighted by atomic mass is 16.2. The first kappa shape index (κ1) is 17.0. The number of nitrogens with one attached hydrogen (secondary N) is 1. The standard InChI is InChI=1S/C20H20N6O/c1-14(17-11-22-26(15(17)2)19-9-5-6-10-21-19)23-20(27)13-25-12-16-7-3-4-8-18(16)24-25/h3-12,14H,13H2,1-2H3,(H,23,27). The molecule has 3 heterocycles. The van der Waals surface area contributed by atoms with Gasteiger partial charge in [0.05, 0.1) is 17.8 Å². The van der Waals surface area contributed by atoms with Gasteiger partial charge >= 0.3 is 0 Å². The van der Waals surface area contributed by atoms with Gasteiger partial charge in [-0.2, -0.15) is 10.2 Å². The maximum Gasteiger partial charge on any atom is 0.242 e. The van der Waals surface area contributed by atoms with Crippen LogP contribution >= 0.6 is 0 Å². The largest absolute Gasteiger partial charge is 0.348 e. The van der Waals surface area contributed by atoms with E-state index in [0.29, 0.717) is 0 Å². The molecule has 0 saturated heterocycles. The smallest absolute Gasteiger partial charge is 0.242 e. The summed E-state index contributed by atoms with van der Waals surface area (Å²) >= 11 is 0. The van der Waals surface area contributed by atoms with E-state index < -0.39 is 0 Å². The number of hydrogen-bond acceptors (Lipinski definition) is 4. The normalized spacial score (nSPS) is 12.2. The van der Waals surface area contributed by atoms with Crippen LogP contribution in [-0.2, 0) is 11.3 Å². The summed E-state index contributed by atoms with van der Waals surface area (Å²) in [7, 11) is 0. The predicted octanol–water partition coefficient (Wildman–Crippen LogP) is 2.80. The number of amides is 1. The van der Waals surface area contributed by atoms with Crippen molar-refractivity contribution in [2.24, 2.45) is 0 Å². The van der Waals surface area contributed by atoms with Crippen molar-refractivity contribution in [3.05, 3.63) is 72.3 Å². The van der Waals surface area contributed by atoms with E-state index in [1.165, 1.54) is 0 Å². The van der Waals surface area contributed by atoms with E-state index in [1.807, 2.05) is 62.5 Å². The summed E-state index contributed by atoms with van der Waals surface area (Å²) in [6.45, 7) is 4.09. The Hall–Kier alpha value is -3.48. The van der Waals surface area contributed by atoms with Gasteiger partial charge in [-0.3, -0.25) is 9.48 Å². The molecule has 1 N–H and O–H groups in total. The molecule has 0 radical (unpaired) electrons. The van der Waals surface area contributed by atoms with Crippen molar-refractivity contribution in [3.63, 3.8) is 0 Å². The van der Waals surface area contributed by atoms with Crippen molar-refractivity contribution in [2.75, 3.05) is 0 Å². The molecule has 4 aromatic rings. The first-order chi connectivity index (χ1) is 13.1. The van der Waals surface area contributed by atoms with E-state index in [0.717, 1.165) is 28.0 Å². The minimum absolute atomic E-state index is 0.0970. The van der Waals surface area contributed by atoms with Crippen LogP contribution in [0.1, 0.15) is 24.2 Å². The van der Waals surface area contributed by atoms with Crippen LogP contribution < -0.4 is 5.32 Å². The van der Waals surface area contributed by atoms with Crippen molar-refractivity contribution in [3.8, 4) is 5.82 Å². The van der Waals surface area contributed by atoms with Gasteiger partial charge in [0.1, 0.15) is 6.54 Å². The van der Waals surface area contributed by atoms with Crippen molar-refractivity contribution < 1.29 is 4.79 Å². The molecule has 1 atom stereocenters. The van der Waals surface area contributed by atoms with Gasteiger partial charge in [-0.05, 0) is 32.0 Å². The molecular weight excluding hydrogens is 340 g/mol. The third kappa shape index (κ3) is 3.44. The predicted molar refractivity (Wildman–Crippen MR) is 102 cm³/mol. The number of pyridine rings is 1. The number of hydrogen-bond donors (Lipinski definition) is 1. The fraction of sp³-hybridized carbons (Fsp3) is 0.200. The van der Waals surface area contributed by atoms with Crippen LogP contribution in [0.5, 0.6) is 0 Å². The first-order valence-electron chi connectivity index (χ1n) is 8.79. The molecule has 0 bridgehead atoms. The second kappa shape index (κ2) is 7.03. The average Bonchev–Trinajstić information content (AvgIpc) is 3.25. The lowest BCUT2D eigenvalue weighted by Gasteiger charge is -2.14. The lowest BCUT2D eigenvalue weighted by Crippen LogP contribution is -2.30. The summed E-state index contributed by atoms with van der Waals surface area (Å²) in [6, 6.07) is 13.3. The Morgan fingerprint density at radius 1 is 1.19 bits per heavy atom. The number of carbonyl (C=O) groups is 1. The Bertz CT molecular complexity index is 1050. The van der Waals surface area contributed by atoms with E-state index in [2.05, 4.69) is 20.5 Å². The van der Waals surface area contributed by atoms with E-state index in [4.69, 9.17) is 0 Å². The summed E-state index contributed by atoms with van der Waals surface area (Å²) in [4.78, 5) is 16.8. The maximum atomic E-state index is 12.4. The number of rotatable bonds is 5. The number of nitrogens with zero attached hydrogens (tertiary/aromatic N) is 5. The Kier molecular flexibility index (Phi) is 4.42. The lowest BCUT2D eigenvalue weighted by atomic mass is 10.1. The van der Waals surface area contributed by atoms with Crippen LogP contribution in [0.4, 0.5) is 0 Å². The van der Waals surface area contributed by atoms with Gasteiger partial charge in [0.25, 0.3) is 0 Å². The summed E-state index contributed by atoms with van der Waals surface area (Å²) in [5.74, 6) is 0.656. The highest BCUT2D eigenvalue weighted by Crippen LogP contribution is 2.19. The molecule has 0 aliphatic rings. The number of fused-ring (bicyclic) bond motifs is 1. The van der Waals surface area contributed by atoms with Gasteiger partial charge < -0.3 is 5.32 Å². The van der Waals surface area contributed by atoms with E-state index in [-0.39, 0.29) is 18.5 Å². The van der Waals surface area contributed by atoms with Gasteiger partial charge in [-0.15, -0.1) is 0 Å². The molecule has 3 aromatic heterocycles. The fourth-order valence-corrected chi connectivity index (χ4v) is 3.17. The zero-order chi connectivity index (χ0) is 18.8. The highest BCUT2D eigenvalue weighted by molar-refractivity contribution is 5.80. The van der Waals surface area contributed by atoms with Gasteiger partial charge in [0.15, 0.2) is 5.82 Å². The fourth-order valence-electron chi connectivity index (χ4n) is 3.17. The third-order valence-corrected chi connectivity index (χ3v) is 4.52. The van der Waals surface area contributed by atoms with Crippen molar-refractivity contribution in [1.82, 2.24) is 29.9 Å². The average molecular weight is 360 g/mol.